The van der Waals surface area contributed by atoms with E-state index in [0.717, 1.165) is 7.11 Å². The summed E-state index contributed by atoms with van der Waals surface area (Å²) in [4.78, 5) is 11.8. The summed E-state index contributed by atoms with van der Waals surface area (Å²) in [5.41, 5.74) is -2.25. The van der Waals surface area contributed by atoms with Gasteiger partial charge in [-0.25, -0.2) is 8.78 Å². The van der Waals surface area contributed by atoms with E-state index in [4.69, 9.17) is 4.74 Å². The van der Waals surface area contributed by atoms with Crippen LogP contribution in [-0.4, -0.2) is 30.2 Å². The fraction of sp³-hybridized carbons (Fsp3) is 0.611. The van der Waals surface area contributed by atoms with Crippen LogP contribution < -0.4 is 4.74 Å². The highest BCUT2D eigenvalue weighted by atomic mass is 19.3. The third kappa shape index (κ3) is 4.44. The van der Waals surface area contributed by atoms with Crippen molar-refractivity contribution in [1.29, 1.82) is 0 Å². The van der Waals surface area contributed by atoms with Crippen molar-refractivity contribution >= 4 is 5.97 Å². The molecule has 0 spiro atoms. The highest BCUT2D eigenvalue weighted by Gasteiger charge is 2.51. The molecule has 0 aromatic heterocycles. The molecule has 0 aliphatic rings. The van der Waals surface area contributed by atoms with Crippen LogP contribution in [0.25, 0.3) is 0 Å². The van der Waals surface area contributed by atoms with E-state index in [1.54, 1.807) is 26.0 Å². The van der Waals surface area contributed by atoms with Gasteiger partial charge < -0.3 is 14.6 Å². The largest absolute Gasteiger partial charge is 0.488 e. The third-order valence-electron chi connectivity index (χ3n) is 3.80. The second kappa shape index (κ2) is 7.47. The lowest BCUT2D eigenvalue weighted by Crippen LogP contribution is -2.48. The van der Waals surface area contributed by atoms with E-state index < -0.39 is 35.4 Å². The molecule has 0 amide bonds. The normalized spacial score (nSPS) is 16.0. The van der Waals surface area contributed by atoms with E-state index in [1.807, 2.05) is 20.8 Å². The standard InChI is InChI=1S/C18H26F2O4/c1-11(2)18(22,14(15(19)20)16(21)23-6)12-7-9-13(10-8-12)24-17(3,4)5/h7-11,14-15,22H,1-6H3. The van der Waals surface area contributed by atoms with Crippen LogP contribution in [0.15, 0.2) is 24.3 Å². The number of aliphatic hydroxyl groups is 1. The fourth-order valence-electron chi connectivity index (χ4n) is 2.62. The van der Waals surface area contributed by atoms with Gasteiger partial charge in [-0.05, 0) is 44.4 Å². The number of ether oxygens (including phenoxy) is 2. The molecular weight excluding hydrogens is 318 g/mol. The summed E-state index contributed by atoms with van der Waals surface area (Å²) in [7, 11) is 1.03. The van der Waals surface area contributed by atoms with Crippen LogP contribution in [0.3, 0.4) is 0 Å². The molecular formula is C18H26F2O4. The van der Waals surface area contributed by atoms with Gasteiger partial charge in [0.25, 0.3) is 6.43 Å². The van der Waals surface area contributed by atoms with Crippen LogP contribution in [-0.2, 0) is 15.1 Å². The van der Waals surface area contributed by atoms with Gasteiger partial charge in [-0.15, -0.1) is 0 Å². The first-order chi connectivity index (χ1) is 10.9. The lowest BCUT2D eigenvalue weighted by molar-refractivity contribution is -0.176. The quantitative estimate of drug-likeness (QED) is 0.798. The number of hydrogen-bond donors (Lipinski definition) is 1. The van der Waals surface area contributed by atoms with Crippen LogP contribution in [0, 0.1) is 11.8 Å². The molecule has 1 aromatic carbocycles. The Bertz CT molecular complexity index is 549. The molecule has 0 heterocycles. The highest BCUT2D eigenvalue weighted by Crippen LogP contribution is 2.41. The molecule has 0 saturated carbocycles. The molecule has 1 rings (SSSR count). The first-order valence-electron chi connectivity index (χ1n) is 7.81. The van der Waals surface area contributed by atoms with Crippen molar-refractivity contribution in [2.24, 2.45) is 11.8 Å². The van der Waals surface area contributed by atoms with Gasteiger partial charge >= 0.3 is 5.97 Å². The Kier molecular flexibility index (Phi) is 6.33. The van der Waals surface area contributed by atoms with Crippen LogP contribution in [0.5, 0.6) is 5.75 Å². The van der Waals surface area contributed by atoms with Crippen molar-refractivity contribution in [2.75, 3.05) is 7.11 Å². The lowest BCUT2D eigenvalue weighted by atomic mass is 9.73. The summed E-state index contributed by atoms with van der Waals surface area (Å²) in [6, 6.07) is 6.18. The maximum Gasteiger partial charge on any atom is 0.317 e. The Hall–Kier alpha value is -1.69. The van der Waals surface area contributed by atoms with E-state index in [0.29, 0.717) is 5.75 Å². The number of carbonyl (C=O) groups is 1. The number of halogens is 2. The van der Waals surface area contributed by atoms with Crippen molar-refractivity contribution in [2.45, 2.75) is 52.2 Å². The van der Waals surface area contributed by atoms with Gasteiger partial charge in [0.05, 0.1) is 7.11 Å². The minimum Gasteiger partial charge on any atom is -0.488 e. The average molecular weight is 344 g/mol. The molecule has 0 bridgehead atoms. The number of esters is 1. The smallest absolute Gasteiger partial charge is 0.317 e. The predicted molar refractivity (Wildman–Crippen MR) is 87.1 cm³/mol. The maximum absolute atomic E-state index is 13.5. The molecule has 24 heavy (non-hydrogen) atoms. The second-order valence-corrected chi connectivity index (χ2v) is 7.05. The molecule has 136 valence electrons. The minimum absolute atomic E-state index is 0.217. The Morgan fingerprint density at radius 3 is 1.96 bits per heavy atom. The summed E-state index contributed by atoms with van der Waals surface area (Å²) in [6.07, 6.45) is -3.06. The molecule has 2 unspecified atom stereocenters. The maximum atomic E-state index is 13.5. The zero-order chi connectivity index (χ0) is 18.7. The summed E-state index contributed by atoms with van der Waals surface area (Å²) >= 11 is 0. The van der Waals surface area contributed by atoms with Gasteiger partial charge in [-0.3, -0.25) is 4.79 Å². The topological polar surface area (TPSA) is 55.8 Å². The number of benzene rings is 1. The van der Waals surface area contributed by atoms with E-state index in [1.165, 1.54) is 12.1 Å². The Balaban J connectivity index is 3.30. The molecule has 6 heteroatoms. The third-order valence-corrected chi connectivity index (χ3v) is 3.80. The molecule has 0 aliphatic carbocycles. The highest BCUT2D eigenvalue weighted by molar-refractivity contribution is 5.74. The molecule has 1 aromatic rings. The molecule has 2 atom stereocenters. The Labute approximate surface area is 141 Å². The number of methoxy groups -OCH3 is 1. The number of hydrogen-bond acceptors (Lipinski definition) is 4. The van der Waals surface area contributed by atoms with Crippen molar-refractivity contribution in [1.82, 2.24) is 0 Å². The van der Waals surface area contributed by atoms with Crippen molar-refractivity contribution < 1.29 is 28.2 Å². The fourth-order valence-corrected chi connectivity index (χ4v) is 2.62. The first kappa shape index (κ1) is 20.4. The van der Waals surface area contributed by atoms with E-state index in [-0.39, 0.29) is 5.56 Å². The Morgan fingerprint density at radius 1 is 1.12 bits per heavy atom. The van der Waals surface area contributed by atoms with Crippen LogP contribution in [0.2, 0.25) is 0 Å². The van der Waals surface area contributed by atoms with E-state index >= 15 is 0 Å². The first-order valence-corrected chi connectivity index (χ1v) is 7.81. The average Bonchev–Trinajstić information content (AvgIpc) is 2.45. The molecule has 0 fully saturated rings. The second-order valence-electron chi connectivity index (χ2n) is 7.05. The van der Waals surface area contributed by atoms with E-state index in [2.05, 4.69) is 4.74 Å². The van der Waals surface area contributed by atoms with Gasteiger partial charge in [-0.2, -0.15) is 0 Å². The minimum atomic E-state index is -3.06. The predicted octanol–water partition coefficient (Wildman–Crippen LogP) is 3.76. The van der Waals surface area contributed by atoms with Gasteiger partial charge in [0.1, 0.15) is 17.0 Å². The number of rotatable bonds is 6. The molecule has 0 aliphatic heterocycles. The van der Waals surface area contributed by atoms with Gasteiger partial charge in [-0.1, -0.05) is 26.0 Å². The molecule has 1 N–H and O–H groups in total. The van der Waals surface area contributed by atoms with Gasteiger partial charge in [0.2, 0.25) is 0 Å². The van der Waals surface area contributed by atoms with Gasteiger partial charge in [0, 0.05) is 0 Å². The summed E-state index contributed by atoms with van der Waals surface area (Å²) in [5.74, 6) is -3.21. The zero-order valence-corrected chi connectivity index (χ0v) is 15.0. The number of carbonyl (C=O) groups excluding carboxylic acids is 1. The van der Waals surface area contributed by atoms with Crippen molar-refractivity contribution in [3.8, 4) is 5.75 Å². The van der Waals surface area contributed by atoms with Crippen molar-refractivity contribution in [3.05, 3.63) is 29.8 Å². The number of alkyl halides is 2. The van der Waals surface area contributed by atoms with E-state index in [9.17, 15) is 18.7 Å². The monoisotopic (exact) mass is 344 g/mol. The SMILES string of the molecule is COC(=O)C(C(F)F)C(O)(c1ccc(OC(C)(C)C)cc1)C(C)C. The van der Waals surface area contributed by atoms with Crippen molar-refractivity contribution in [3.63, 3.8) is 0 Å². The zero-order valence-electron chi connectivity index (χ0n) is 15.0. The van der Waals surface area contributed by atoms with Crippen LogP contribution >= 0.6 is 0 Å². The van der Waals surface area contributed by atoms with Crippen LogP contribution in [0.1, 0.15) is 40.2 Å². The Morgan fingerprint density at radius 2 is 1.62 bits per heavy atom. The molecule has 0 saturated heterocycles. The summed E-state index contributed by atoms with van der Waals surface area (Å²) < 4.78 is 37.2. The molecule has 0 radical (unpaired) electrons. The lowest BCUT2D eigenvalue weighted by Gasteiger charge is -2.38. The summed E-state index contributed by atoms with van der Waals surface area (Å²) in [6.45, 7) is 8.82. The van der Waals surface area contributed by atoms with Gasteiger partial charge in [0.15, 0.2) is 5.92 Å². The molecule has 4 nitrogen and oxygen atoms in total. The van der Waals surface area contributed by atoms with Crippen LogP contribution in [0.4, 0.5) is 8.78 Å². The summed E-state index contributed by atoms with van der Waals surface area (Å²) in [5, 5.41) is 11.0.